The zero-order chi connectivity index (χ0) is 17.5. The van der Waals surface area contributed by atoms with Gasteiger partial charge in [0, 0.05) is 28.3 Å². The number of ether oxygens (including phenoxy) is 2. The molecule has 2 heterocycles. The first-order valence-electron chi connectivity index (χ1n) is 8.32. The second-order valence-electron chi connectivity index (χ2n) is 5.88. The number of aromatic nitrogens is 1. The largest absolute Gasteiger partial charge is 0.342 e. The van der Waals surface area contributed by atoms with Gasteiger partial charge in [0.25, 0.3) is 0 Å². The van der Waals surface area contributed by atoms with Crippen molar-refractivity contribution in [3.8, 4) is 23.1 Å². The van der Waals surface area contributed by atoms with Crippen molar-refractivity contribution in [2.45, 2.75) is 19.6 Å². The number of rotatable bonds is 3. The van der Waals surface area contributed by atoms with E-state index in [0.717, 1.165) is 23.2 Å². The number of pyridine rings is 1. The van der Waals surface area contributed by atoms with Crippen molar-refractivity contribution in [1.29, 1.82) is 0 Å². The van der Waals surface area contributed by atoms with Crippen molar-refractivity contribution in [2.24, 2.45) is 5.92 Å². The van der Waals surface area contributed by atoms with Crippen LogP contribution >= 0.6 is 11.6 Å². The Labute approximate surface area is 153 Å². The SMILES string of the molecule is CC=CCC1COC(C#Cc2ccc(-c3ccc(Cl)cc3)nc2)OC1. The zero-order valence-corrected chi connectivity index (χ0v) is 14.9. The lowest BCUT2D eigenvalue weighted by molar-refractivity contribution is -0.168. The third kappa shape index (κ3) is 5.17. The van der Waals surface area contributed by atoms with Crippen molar-refractivity contribution >= 4 is 11.6 Å². The molecule has 1 aliphatic rings. The van der Waals surface area contributed by atoms with E-state index >= 15 is 0 Å². The van der Waals surface area contributed by atoms with Crippen LogP contribution in [0.5, 0.6) is 0 Å². The summed E-state index contributed by atoms with van der Waals surface area (Å²) in [5.41, 5.74) is 2.75. The highest BCUT2D eigenvalue weighted by Gasteiger charge is 2.19. The molecule has 2 aromatic rings. The molecule has 3 nitrogen and oxygen atoms in total. The van der Waals surface area contributed by atoms with Gasteiger partial charge in [0.15, 0.2) is 0 Å². The van der Waals surface area contributed by atoms with Crippen molar-refractivity contribution in [3.63, 3.8) is 0 Å². The molecule has 0 spiro atoms. The Kier molecular flexibility index (Phi) is 6.25. The predicted molar refractivity (Wildman–Crippen MR) is 100 cm³/mol. The molecular formula is C21H20ClNO2. The molecule has 4 heteroatoms. The van der Waals surface area contributed by atoms with E-state index in [-0.39, 0.29) is 0 Å². The molecular weight excluding hydrogens is 334 g/mol. The quantitative estimate of drug-likeness (QED) is 0.591. The van der Waals surface area contributed by atoms with Gasteiger partial charge in [0.1, 0.15) is 0 Å². The number of nitrogens with zero attached hydrogens (tertiary/aromatic N) is 1. The van der Waals surface area contributed by atoms with E-state index in [2.05, 4.69) is 22.9 Å². The molecule has 3 rings (SSSR count). The van der Waals surface area contributed by atoms with E-state index in [0.29, 0.717) is 24.2 Å². The highest BCUT2D eigenvalue weighted by Crippen LogP contribution is 2.19. The van der Waals surface area contributed by atoms with Crippen LogP contribution in [-0.4, -0.2) is 24.5 Å². The smallest absolute Gasteiger partial charge is 0.222 e. The minimum atomic E-state index is -0.460. The first-order valence-corrected chi connectivity index (χ1v) is 8.70. The lowest BCUT2D eigenvalue weighted by atomic mass is 10.1. The van der Waals surface area contributed by atoms with Gasteiger partial charge in [-0.1, -0.05) is 41.8 Å². The maximum atomic E-state index is 5.91. The Morgan fingerprint density at radius 3 is 2.56 bits per heavy atom. The second-order valence-corrected chi connectivity index (χ2v) is 6.31. The van der Waals surface area contributed by atoms with E-state index in [4.69, 9.17) is 21.1 Å². The standard InChI is InChI=1S/C21H20ClNO2/c1-2-3-4-17-14-24-21(25-15-17)12-6-16-5-11-20(23-13-16)18-7-9-19(22)10-8-18/h2-3,5,7-11,13,17,21H,4,14-15H2,1H3. The van der Waals surface area contributed by atoms with Crippen molar-refractivity contribution in [3.05, 3.63) is 65.3 Å². The van der Waals surface area contributed by atoms with Gasteiger partial charge in [-0.25, -0.2) is 0 Å². The molecule has 1 aliphatic heterocycles. The Balaban J connectivity index is 1.58. The third-order valence-corrected chi connectivity index (χ3v) is 4.16. The number of hydrogen-bond donors (Lipinski definition) is 0. The van der Waals surface area contributed by atoms with Gasteiger partial charge in [0.2, 0.25) is 6.29 Å². The van der Waals surface area contributed by atoms with Crippen LogP contribution in [0.4, 0.5) is 0 Å². The van der Waals surface area contributed by atoms with Crippen LogP contribution < -0.4 is 0 Å². The van der Waals surface area contributed by atoms with Gasteiger partial charge in [-0.15, -0.1) is 0 Å². The van der Waals surface area contributed by atoms with Crippen LogP contribution in [-0.2, 0) is 9.47 Å². The Hall–Kier alpha value is -2.12. The lowest BCUT2D eigenvalue weighted by Crippen LogP contribution is -2.30. The first kappa shape index (κ1) is 17.7. The normalized spacial score (nSPS) is 20.2. The van der Waals surface area contributed by atoms with Crippen LogP contribution in [0.2, 0.25) is 5.02 Å². The van der Waals surface area contributed by atoms with Gasteiger partial charge in [-0.05, 0) is 43.5 Å². The monoisotopic (exact) mass is 353 g/mol. The molecule has 128 valence electrons. The lowest BCUT2D eigenvalue weighted by Gasteiger charge is -2.25. The van der Waals surface area contributed by atoms with Crippen LogP contribution in [0, 0.1) is 17.8 Å². The highest BCUT2D eigenvalue weighted by molar-refractivity contribution is 6.30. The molecule has 1 aromatic carbocycles. The average Bonchev–Trinajstić information content (AvgIpc) is 2.67. The molecule has 0 amide bonds. The fourth-order valence-electron chi connectivity index (χ4n) is 2.49. The van der Waals surface area contributed by atoms with Crippen molar-refractivity contribution in [1.82, 2.24) is 4.98 Å². The first-order chi connectivity index (χ1) is 12.2. The minimum absolute atomic E-state index is 0.412. The molecule has 0 N–H and O–H groups in total. The number of halogens is 1. The Morgan fingerprint density at radius 2 is 1.92 bits per heavy atom. The van der Waals surface area contributed by atoms with E-state index in [1.807, 2.05) is 49.4 Å². The summed E-state index contributed by atoms with van der Waals surface area (Å²) in [6.07, 6.45) is 6.46. The molecule has 0 unspecified atom stereocenters. The van der Waals surface area contributed by atoms with Crippen LogP contribution in [0.3, 0.4) is 0 Å². The summed E-state index contributed by atoms with van der Waals surface area (Å²) >= 11 is 5.91. The number of benzene rings is 1. The molecule has 1 saturated heterocycles. The summed E-state index contributed by atoms with van der Waals surface area (Å²) in [6, 6.07) is 11.5. The topological polar surface area (TPSA) is 31.4 Å². The molecule has 25 heavy (non-hydrogen) atoms. The van der Waals surface area contributed by atoms with Crippen LogP contribution in [0.25, 0.3) is 11.3 Å². The second kappa shape index (κ2) is 8.82. The van der Waals surface area contributed by atoms with Gasteiger partial charge in [-0.2, -0.15) is 0 Å². The third-order valence-electron chi connectivity index (χ3n) is 3.91. The molecule has 0 bridgehead atoms. The fourth-order valence-corrected chi connectivity index (χ4v) is 2.62. The maximum Gasteiger partial charge on any atom is 0.222 e. The van der Waals surface area contributed by atoms with Crippen LogP contribution in [0.15, 0.2) is 54.7 Å². The van der Waals surface area contributed by atoms with Gasteiger partial charge in [-0.3, -0.25) is 4.98 Å². The molecule has 0 aliphatic carbocycles. The van der Waals surface area contributed by atoms with E-state index in [9.17, 15) is 0 Å². The van der Waals surface area contributed by atoms with Crippen LogP contribution in [0.1, 0.15) is 18.9 Å². The fraction of sp³-hybridized carbons (Fsp3) is 0.286. The molecule has 0 atom stereocenters. The summed E-state index contributed by atoms with van der Waals surface area (Å²) in [5, 5.41) is 0.715. The summed E-state index contributed by atoms with van der Waals surface area (Å²) in [4.78, 5) is 4.45. The minimum Gasteiger partial charge on any atom is -0.342 e. The van der Waals surface area contributed by atoms with Gasteiger partial charge >= 0.3 is 0 Å². The van der Waals surface area contributed by atoms with Gasteiger partial charge < -0.3 is 9.47 Å². The molecule has 1 aromatic heterocycles. The highest BCUT2D eigenvalue weighted by atomic mass is 35.5. The summed E-state index contributed by atoms with van der Waals surface area (Å²) in [6.45, 7) is 3.37. The Morgan fingerprint density at radius 1 is 1.16 bits per heavy atom. The predicted octanol–water partition coefficient (Wildman–Crippen LogP) is 4.71. The van der Waals surface area contributed by atoms with Crippen molar-refractivity contribution < 1.29 is 9.47 Å². The summed E-state index contributed by atoms with van der Waals surface area (Å²) < 4.78 is 11.3. The summed E-state index contributed by atoms with van der Waals surface area (Å²) in [7, 11) is 0. The molecule has 0 radical (unpaired) electrons. The molecule has 0 saturated carbocycles. The molecule has 1 fully saturated rings. The maximum absolute atomic E-state index is 5.91. The van der Waals surface area contributed by atoms with Gasteiger partial charge in [0.05, 0.1) is 18.9 Å². The zero-order valence-electron chi connectivity index (χ0n) is 14.1. The number of hydrogen-bond acceptors (Lipinski definition) is 3. The van der Waals surface area contributed by atoms with Crippen molar-refractivity contribution in [2.75, 3.05) is 13.2 Å². The average molecular weight is 354 g/mol. The Bertz CT molecular complexity index is 764. The summed E-state index contributed by atoms with van der Waals surface area (Å²) in [5.74, 6) is 6.49. The van der Waals surface area contributed by atoms with E-state index < -0.39 is 6.29 Å². The van der Waals surface area contributed by atoms with E-state index in [1.165, 1.54) is 0 Å². The number of allylic oxidation sites excluding steroid dienone is 2. The van der Waals surface area contributed by atoms with E-state index in [1.54, 1.807) is 6.20 Å².